The Bertz CT molecular complexity index is 603. The molecule has 0 spiro atoms. The molecule has 0 unspecified atom stereocenters. The standard InChI is InChI=1S/C14H14N2O3/c1-9-11(14(18)15-2)4-3-5-12(9)16-13(17)10-6-7-19-8-10/h3-8H,1-2H3,(H,15,18)(H,16,17). The van der Waals surface area contributed by atoms with Crippen molar-refractivity contribution in [2.45, 2.75) is 6.92 Å². The molecule has 0 saturated heterocycles. The maximum Gasteiger partial charge on any atom is 0.258 e. The minimum atomic E-state index is -0.272. The first-order chi connectivity index (χ1) is 9.13. The zero-order valence-corrected chi connectivity index (χ0v) is 10.7. The van der Waals surface area contributed by atoms with Gasteiger partial charge >= 0.3 is 0 Å². The summed E-state index contributed by atoms with van der Waals surface area (Å²) in [7, 11) is 1.57. The number of amides is 2. The van der Waals surface area contributed by atoms with Gasteiger partial charge in [0.05, 0.1) is 11.8 Å². The Morgan fingerprint density at radius 2 is 1.95 bits per heavy atom. The quantitative estimate of drug-likeness (QED) is 0.886. The van der Waals surface area contributed by atoms with Crippen molar-refractivity contribution in [1.82, 2.24) is 5.32 Å². The van der Waals surface area contributed by atoms with E-state index in [0.29, 0.717) is 16.8 Å². The number of carbonyl (C=O) groups excluding carboxylic acids is 2. The SMILES string of the molecule is CNC(=O)c1cccc(NC(=O)c2ccoc2)c1C. The lowest BCUT2D eigenvalue weighted by Gasteiger charge is -2.11. The first-order valence-electron chi connectivity index (χ1n) is 5.78. The second kappa shape index (κ2) is 5.39. The Morgan fingerprint density at radius 3 is 2.58 bits per heavy atom. The fraction of sp³-hybridized carbons (Fsp3) is 0.143. The lowest BCUT2D eigenvalue weighted by atomic mass is 10.1. The third kappa shape index (κ3) is 2.65. The normalized spacial score (nSPS) is 10.0. The maximum atomic E-state index is 11.9. The van der Waals surface area contributed by atoms with E-state index in [1.807, 2.05) is 0 Å². The van der Waals surface area contributed by atoms with Crippen molar-refractivity contribution in [3.63, 3.8) is 0 Å². The molecule has 0 atom stereocenters. The molecule has 2 rings (SSSR count). The van der Waals surface area contributed by atoms with Gasteiger partial charge in [0.2, 0.25) is 0 Å². The van der Waals surface area contributed by atoms with Crippen molar-refractivity contribution in [1.29, 1.82) is 0 Å². The van der Waals surface area contributed by atoms with Gasteiger partial charge in [0.1, 0.15) is 6.26 Å². The summed E-state index contributed by atoms with van der Waals surface area (Å²) in [6, 6.07) is 6.76. The first-order valence-corrected chi connectivity index (χ1v) is 5.78. The number of rotatable bonds is 3. The summed E-state index contributed by atoms with van der Waals surface area (Å²) in [6.45, 7) is 1.79. The smallest absolute Gasteiger partial charge is 0.258 e. The highest BCUT2D eigenvalue weighted by Crippen LogP contribution is 2.19. The first kappa shape index (κ1) is 12.9. The minimum Gasteiger partial charge on any atom is -0.472 e. The highest BCUT2D eigenvalue weighted by molar-refractivity contribution is 6.05. The molecule has 2 aromatic rings. The zero-order chi connectivity index (χ0) is 13.8. The number of benzene rings is 1. The van der Waals surface area contributed by atoms with Crippen molar-refractivity contribution in [3.8, 4) is 0 Å². The van der Waals surface area contributed by atoms with Crippen LogP contribution in [0.4, 0.5) is 5.69 Å². The Labute approximate surface area is 110 Å². The molecule has 5 heteroatoms. The van der Waals surface area contributed by atoms with Crippen LogP contribution in [0.2, 0.25) is 0 Å². The number of anilines is 1. The van der Waals surface area contributed by atoms with Crippen molar-refractivity contribution in [2.24, 2.45) is 0 Å². The fourth-order valence-corrected chi connectivity index (χ4v) is 1.74. The number of hydrogen-bond acceptors (Lipinski definition) is 3. The summed E-state index contributed by atoms with van der Waals surface area (Å²) in [6.07, 6.45) is 2.80. The molecule has 0 radical (unpaired) electrons. The topological polar surface area (TPSA) is 71.3 Å². The van der Waals surface area contributed by atoms with Gasteiger partial charge in [0.15, 0.2) is 0 Å². The van der Waals surface area contributed by atoms with E-state index in [1.54, 1.807) is 38.2 Å². The highest BCUT2D eigenvalue weighted by Gasteiger charge is 2.13. The molecule has 0 bridgehead atoms. The van der Waals surface area contributed by atoms with Crippen LogP contribution in [0.25, 0.3) is 0 Å². The zero-order valence-electron chi connectivity index (χ0n) is 10.7. The summed E-state index contributed by atoms with van der Waals surface area (Å²) in [5.74, 6) is -0.456. The van der Waals surface area contributed by atoms with Crippen LogP contribution in [0.5, 0.6) is 0 Å². The second-order valence-corrected chi connectivity index (χ2v) is 4.02. The van der Waals surface area contributed by atoms with Gasteiger partial charge in [0.25, 0.3) is 11.8 Å². The number of furan rings is 1. The third-order valence-electron chi connectivity index (χ3n) is 2.84. The molecule has 2 N–H and O–H groups in total. The van der Waals surface area contributed by atoms with Gasteiger partial charge in [-0.05, 0) is 30.7 Å². The van der Waals surface area contributed by atoms with E-state index in [0.717, 1.165) is 5.56 Å². The van der Waals surface area contributed by atoms with Crippen molar-refractivity contribution >= 4 is 17.5 Å². The average Bonchev–Trinajstić information content (AvgIpc) is 2.94. The van der Waals surface area contributed by atoms with Gasteiger partial charge in [-0.25, -0.2) is 0 Å². The van der Waals surface area contributed by atoms with Crippen LogP contribution in [0, 0.1) is 6.92 Å². The van der Waals surface area contributed by atoms with Gasteiger partial charge in [0, 0.05) is 18.3 Å². The molecule has 1 aromatic carbocycles. The van der Waals surface area contributed by atoms with Gasteiger partial charge in [-0.15, -0.1) is 0 Å². The fourth-order valence-electron chi connectivity index (χ4n) is 1.74. The van der Waals surface area contributed by atoms with Gasteiger partial charge in [-0.2, -0.15) is 0 Å². The number of nitrogens with one attached hydrogen (secondary N) is 2. The van der Waals surface area contributed by atoms with Gasteiger partial charge in [-0.1, -0.05) is 6.07 Å². The molecular weight excluding hydrogens is 244 g/mol. The molecule has 0 fully saturated rings. The molecule has 0 aliphatic heterocycles. The van der Waals surface area contributed by atoms with E-state index in [9.17, 15) is 9.59 Å². The van der Waals surface area contributed by atoms with E-state index in [1.165, 1.54) is 12.5 Å². The van der Waals surface area contributed by atoms with E-state index >= 15 is 0 Å². The van der Waals surface area contributed by atoms with Crippen LogP contribution in [0.3, 0.4) is 0 Å². The highest BCUT2D eigenvalue weighted by atomic mass is 16.3. The monoisotopic (exact) mass is 258 g/mol. The van der Waals surface area contributed by atoms with E-state index < -0.39 is 0 Å². The summed E-state index contributed by atoms with van der Waals surface area (Å²) < 4.78 is 4.86. The predicted molar refractivity (Wildman–Crippen MR) is 71.2 cm³/mol. The summed E-state index contributed by atoms with van der Waals surface area (Å²) >= 11 is 0. The molecule has 2 amide bonds. The minimum absolute atomic E-state index is 0.183. The van der Waals surface area contributed by atoms with E-state index in [-0.39, 0.29) is 11.8 Å². The van der Waals surface area contributed by atoms with Crippen LogP contribution in [-0.2, 0) is 0 Å². The van der Waals surface area contributed by atoms with Crippen LogP contribution in [0.1, 0.15) is 26.3 Å². The molecule has 0 aliphatic rings. The van der Waals surface area contributed by atoms with E-state index in [2.05, 4.69) is 10.6 Å². The summed E-state index contributed by atoms with van der Waals surface area (Å²) in [4.78, 5) is 23.6. The Hall–Kier alpha value is -2.56. The van der Waals surface area contributed by atoms with Crippen LogP contribution < -0.4 is 10.6 Å². The number of hydrogen-bond donors (Lipinski definition) is 2. The summed E-state index contributed by atoms with van der Waals surface area (Å²) in [5.41, 5.74) is 2.29. The largest absolute Gasteiger partial charge is 0.472 e. The van der Waals surface area contributed by atoms with Crippen molar-refractivity contribution in [2.75, 3.05) is 12.4 Å². The Balaban J connectivity index is 2.26. The lowest BCUT2D eigenvalue weighted by molar-refractivity contribution is 0.0960. The molecule has 0 aliphatic carbocycles. The molecule has 5 nitrogen and oxygen atoms in total. The van der Waals surface area contributed by atoms with Gasteiger partial charge < -0.3 is 15.1 Å². The van der Waals surface area contributed by atoms with Crippen molar-refractivity contribution in [3.05, 3.63) is 53.5 Å². The summed E-state index contributed by atoms with van der Waals surface area (Å²) in [5, 5.41) is 5.32. The molecule has 19 heavy (non-hydrogen) atoms. The second-order valence-electron chi connectivity index (χ2n) is 4.02. The maximum absolute atomic E-state index is 11.9. The molecule has 0 saturated carbocycles. The average molecular weight is 258 g/mol. The Morgan fingerprint density at radius 1 is 1.16 bits per heavy atom. The van der Waals surface area contributed by atoms with Crippen molar-refractivity contribution < 1.29 is 14.0 Å². The predicted octanol–water partition coefficient (Wildman–Crippen LogP) is 2.20. The molecule has 1 heterocycles. The third-order valence-corrected chi connectivity index (χ3v) is 2.84. The molecule has 1 aromatic heterocycles. The van der Waals surface area contributed by atoms with E-state index in [4.69, 9.17) is 4.42 Å². The number of carbonyl (C=O) groups is 2. The molecular formula is C14H14N2O3. The van der Waals surface area contributed by atoms with Crippen LogP contribution in [-0.4, -0.2) is 18.9 Å². The lowest BCUT2D eigenvalue weighted by Crippen LogP contribution is -2.20. The van der Waals surface area contributed by atoms with Crippen LogP contribution in [0.15, 0.2) is 41.2 Å². The molecule has 98 valence electrons. The van der Waals surface area contributed by atoms with Crippen LogP contribution >= 0.6 is 0 Å². The van der Waals surface area contributed by atoms with Gasteiger partial charge in [-0.3, -0.25) is 9.59 Å². The Kier molecular flexibility index (Phi) is 3.66.